The summed E-state index contributed by atoms with van der Waals surface area (Å²) < 4.78 is 0.658. The Hall–Kier alpha value is -3.15. The molecule has 3 aromatic rings. The van der Waals surface area contributed by atoms with Crippen LogP contribution in [0.5, 0.6) is 0 Å². The topological polar surface area (TPSA) is 92.2 Å². The van der Waals surface area contributed by atoms with Crippen LogP contribution in [0.4, 0.5) is 4.79 Å². The van der Waals surface area contributed by atoms with Crippen molar-refractivity contribution in [3.8, 4) is 11.1 Å². The van der Waals surface area contributed by atoms with Crippen molar-refractivity contribution in [3.63, 3.8) is 0 Å². The molecule has 0 unspecified atom stereocenters. The molecule has 0 aliphatic carbocycles. The summed E-state index contributed by atoms with van der Waals surface area (Å²) in [4.78, 5) is 35.1. The van der Waals surface area contributed by atoms with E-state index in [0.29, 0.717) is 10.2 Å². The molecule has 21 heavy (non-hydrogen) atoms. The van der Waals surface area contributed by atoms with E-state index in [1.165, 1.54) is 6.07 Å². The van der Waals surface area contributed by atoms with Crippen molar-refractivity contribution in [2.24, 2.45) is 0 Å². The van der Waals surface area contributed by atoms with Crippen molar-refractivity contribution in [1.82, 2.24) is 9.78 Å². The normalized spacial score (nSPS) is 10.7. The molecule has 0 saturated heterocycles. The zero-order valence-electron chi connectivity index (χ0n) is 10.7. The highest BCUT2D eigenvalue weighted by molar-refractivity contribution is 5.97. The van der Waals surface area contributed by atoms with E-state index in [1.54, 1.807) is 36.4 Å². The van der Waals surface area contributed by atoms with Crippen molar-refractivity contribution in [2.45, 2.75) is 0 Å². The van der Waals surface area contributed by atoms with Crippen molar-refractivity contribution < 1.29 is 9.90 Å². The molecule has 104 valence electrons. The number of carboxylic acid groups (broad SMARTS) is 1. The van der Waals surface area contributed by atoms with Crippen molar-refractivity contribution in [1.29, 1.82) is 0 Å². The number of H-pyrrole nitrogens is 1. The predicted octanol–water partition coefficient (Wildman–Crippen LogP) is 1.88. The van der Waals surface area contributed by atoms with Gasteiger partial charge in [-0.25, -0.2) is 4.79 Å². The van der Waals surface area contributed by atoms with Crippen molar-refractivity contribution in [3.05, 3.63) is 69.1 Å². The Morgan fingerprint density at radius 3 is 2.38 bits per heavy atom. The van der Waals surface area contributed by atoms with Gasteiger partial charge >= 0.3 is 11.7 Å². The second kappa shape index (κ2) is 4.75. The second-order valence-electron chi connectivity index (χ2n) is 4.45. The van der Waals surface area contributed by atoms with E-state index < -0.39 is 17.1 Å². The number of hydrogen-bond acceptors (Lipinski definition) is 3. The molecule has 0 radical (unpaired) electrons. The first-order valence-electron chi connectivity index (χ1n) is 6.16. The smallest absolute Gasteiger partial charge is 0.431 e. The summed E-state index contributed by atoms with van der Waals surface area (Å²) in [6.45, 7) is 0. The average molecular weight is 282 g/mol. The van der Waals surface area contributed by atoms with Crippen LogP contribution in [0.15, 0.2) is 58.1 Å². The summed E-state index contributed by atoms with van der Waals surface area (Å²) in [5.41, 5.74) is -0.300. The summed E-state index contributed by atoms with van der Waals surface area (Å²) in [7, 11) is 0. The van der Waals surface area contributed by atoms with Gasteiger partial charge in [0.1, 0.15) is 0 Å². The molecule has 0 fully saturated rings. The fraction of sp³-hybridized carbons (Fsp3) is 0. The molecule has 0 saturated carbocycles. The lowest BCUT2D eigenvalue weighted by atomic mass is 10.0. The average Bonchev–Trinajstić information content (AvgIpc) is 2.51. The van der Waals surface area contributed by atoms with Crippen molar-refractivity contribution in [2.75, 3.05) is 0 Å². The maximum Gasteiger partial charge on any atom is 0.431 e. The Bertz CT molecular complexity index is 955. The van der Waals surface area contributed by atoms with Gasteiger partial charge in [-0.3, -0.25) is 14.7 Å². The van der Waals surface area contributed by atoms with E-state index in [0.717, 1.165) is 5.56 Å². The first-order chi connectivity index (χ1) is 10.1. The Morgan fingerprint density at radius 1 is 1.00 bits per heavy atom. The summed E-state index contributed by atoms with van der Waals surface area (Å²) in [6, 6.07) is 13.8. The standard InChI is InChI=1S/C15H10N2O4/c18-13-12-10(9-5-2-1-3-6-9)7-4-8-11(12)17(15(20)21)16-14(13)19/h1-8H,(H,16,19)(H,20,21). The molecule has 1 aromatic heterocycles. The molecular weight excluding hydrogens is 272 g/mol. The van der Waals surface area contributed by atoms with Crippen LogP contribution in [0.2, 0.25) is 0 Å². The summed E-state index contributed by atoms with van der Waals surface area (Å²) in [5.74, 6) is 0. The first kappa shape index (κ1) is 12.9. The van der Waals surface area contributed by atoms with Gasteiger partial charge in [0, 0.05) is 0 Å². The molecule has 1 heterocycles. The van der Waals surface area contributed by atoms with Gasteiger partial charge in [0.05, 0.1) is 10.9 Å². The number of nitrogens with one attached hydrogen (secondary N) is 1. The van der Waals surface area contributed by atoms with Crippen LogP contribution >= 0.6 is 0 Å². The lowest BCUT2D eigenvalue weighted by Gasteiger charge is -2.09. The summed E-state index contributed by atoms with van der Waals surface area (Å²) in [6.07, 6.45) is -1.36. The van der Waals surface area contributed by atoms with Gasteiger partial charge in [-0.1, -0.05) is 42.5 Å². The van der Waals surface area contributed by atoms with Crippen LogP contribution in [0.25, 0.3) is 22.0 Å². The van der Waals surface area contributed by atoms with Crippen LogP contribution < -0.4 is 11.0 Å². The third-order valence-electron chi connectivity index (χ3n) is 3.21. The fourth-order valence-corrected chi connectivity index (χ4v) is 2.30. The largest absolute Gasteiger partial charge is 0.463 e. The molecule has 2 aromatic carbocycles. The minimum Gasteiger partial charge on any atom is -0.463 e. The number of benzene rings is 2. The number of aromatic nitrogens is 2. The zero-order chi connectivity index (χ0) is 15.0. The molecule has 6 heteroatoms. The third kappa shape index (κ3) is 2.02. The van der Waals surface area contributed by atoms with E-state index in [2.05, 4.69) is 0 Å². The third-order valence-corrected chi connectivity index (χ3v) is 3.21. The Labute approximate surface area is 117 Å². The molecule has 3 rings (SSSR count). The molecule has 0 atom stereocenters. The fourth-order valence-electron chi connectivity index (χ4n) is 2.30. The number of nitrogens with zero attached hydrogens (tertiary/aromatic N) is 1. The highest BCUT2D eigenvalue weighted by Gasteiger charge is 2.15. The SMILES string of the molecule is O=C(O)n1[nH]c(=O)c(=O)c2c(-c3ccccc3)cccc21. The lowest BCUT2D eigenvalue weighted by molar-refractivity contribution is 0.193. The number of hydrogen-bond donors (Lipinski definition) is 2. The number of carbonyl (C=O) groups is 1. The monoisotopic (exact) mass is 282 g/mol. The predicted molar refractivity (Wildman–Crippen MR) is 77.7 cm³/mol. The number of fused-ring (bicyclic) bond motifs is 1. The van der Waals surface area contributed by atoms with Crippen LogP contribution in [-0.2, 0) is 0 Å². The van der Waals surface area contributed by atoms with Gasteiger partial charge in [-0.15, -0.1) is 0 Å². The van der Waals surface area contributed by atoms with E-state index in [9.17, 15) is 14.4 Å². The Morgan fingerprint density at radius 2 is 1.71 bits per heavy atom. The van der Waals surface area contributed by atoms with Gasteiger partial charge in [0.2, 0.25) is 0 Å². The Kier molecular flexibility index (Phi) is 2.91. The lowest BCUT2D eigenvalue weighted by Crippen LogP contribution is -2.33. The first-order valence-corrected chi connectivity index (χ1v) is 6.16. The van der Waals surface area contributed by atoms with Crippen LogP contribution in [0, 0.1) is 0 Å². The Balaban J connectivity index is 2.52. The van der Waals surface area contributed by atoms with E-state index in [-0.39, 0.29) is 10.9 Å². The van der Waals surface area contributed by atoms with E-state index >= 15 is 0 Å². The molecule has 0 bridgehead atoms. The van der Waals surface area contributed by atoms with E-state index in [1.807, 2.05) is 11.2 Å². The molecule has 0 amide bonds. The number of aromatic amines is 1. The molecule has 0 spiro atoms. The zero-order valence-corrected chi connectivity index (χ0v) is 10.7. The minimum absolute atomic E-state index is 0.0925. The van der Waals surface area contributed by atoms with E-state index in [4.69, 9.17) is 5.11 Å². The van der Waals surface area contributed by atoms with Gasteiger partial charge < -0.3 is 5.11 Å². The summed E-state index contributed by atoms with van der Waals surface area (Å²) >= 11 is 0. The maximum atomic E-state index is 12.1. The maximum absolute atomic E-state index is 12.1. The van der Waals surface area contributed by atoms with Crippen LogP contribution in [0.3, 0.4) is 0 Å². The number of rotatable bonds is 1. The van der Waals surface area contributed by atoms with Gasteiger partial charge in [-0.05, 0) is 17.2 Å². The molecule has 0 aliphatic heterocycles. The highest BCUT2D eigenvalue weighted by atomic mass is 16.4. The van der Waals surface area contributed by atoms with Crippen LogP contribution in [0.1, 0.15) is 0 Å². The second-order valence-corrected chi connectivity index (χ2v) is 4.45. The van der Waals surface area contributed by atoms with Gasteiger partial charge in [-0.2, -0.15) is 4.68 Å². The molecular formula is C15H10N2O4. The molecule has 2 N–H and O–H groups in total. The molecule has 6 nitrogen and oxygen atoms in total. The minimum atomic E-state index is -1.36. The molecule has 0 aliphatic rings. The highest BCUT2D eigenvalue weighted by Crippen LogP contribution is 2.25. The van der Waals surface area contributed by atoms with Gasteiger partial charge in [0.25, 0.3) is 5.43 Å². The quantitative estimate of drug-likeness (QED) is 0.666. The van der Waals surface area contributed by atoms with Crippen LogP contribution in [-0.4, -0.2) is 21.0 Å². The van der Waals surface area contributed by atoms with Gasteiger partial charge in [0.15, 0.2) is 0 Å². The summed E-state index contributed by atoms with van der Waals surface area (Å²) in [5, 5.41) is 11.3. The van der Waals surface area contributed by atoms with Crippen molar-refractivity contribution >= 4 is 17.0 Å².